The van der Waals surface area contributed by atoms with Crippen molar-refractivity contribution in [1.82, 2.24) is 4.98 Å². The Labute approximate surface area is 102 Å². The molecule has 0 radical (unpaired) electrons. The summed E-state index contributed by atoms with van der Waals surface area (Å²) in [6.45, 7) is 0. The summed E-state index contributed by atoms with van der Waals surface area (Å²) < 4.78 is 0. The SMILES string of the molecule is O=C(O)c1ccc(-c2ccc(O)cc2)nc1Cl. The van der Waals surface area contributed by atoms with Crippen LogP contribution in [0.1, 0.15) is 10.4 Å². The van der Waals surface area contributed by atoms with E-state index in [1.54, 1.807) is 18.2 Å². The van der Waals surface area contributed by atoms with Gasteiger partial charge in [0.2, 0.25) is 0 Å². The zero-order chi connectivity index (χ0) is 12.4. The summed E-state index contributed by atoms with van der Waals surface area (Å²) in [5, 5.41) is 17.9. The van der Waals surface area contributed by atoms with E-state index in [0.717, 1.165) is 5.56 Å². The average molecular weight is 250 g/mol. The van der Waals surface area contributed by atoms with Gasteiger partial charge < -0.3 is 10.2 Å². The van der Waals surface area contributed by atoms with Crippen LogP contribution in [0.5, 0.6) is 5.75 Å². The topological polar surface area (TPSA) is 70.4 Å². The second-order valence-corrected chi connectivity index (χ2v) is 3.74. The Hall–Kier alpha value is -2.07. The maximum absolute atomic E-state index is 10.8. The Kier molecular flexibility index (Phi) is 2.97. The van der Waals surface area contributed by atoms with Gasteiger partial charge >= 0.3 is 5.97 Å². The lowest BCUT2D eigenvalue weighted by Gasteiger charge is -2.03. The molecule has 5 heteroatoms. The number of carboxylic acid groups (broad SMARTS) is 1. The number of carbonyl (C=O) groups is 1. The highest BCUT2D eigenvalue weighted by atomic mass is 35.5. The monoisotopic (exact) mass is 249 g/mol. The van der Waals surface area contributed by atoms with E-state index in [2.05, 4.69) is 4.98 Å². The number of phenolic OH excluding ortho intramolecular Hbond substituents is 1. The quantitative estimate of drug-likeness (QED) is 0.803. The maximum Gasteiger partial charge on any atom is 0.338 e. The molecule has 0 aliphatic heterocycles. The smallest absolute Gasteiger partial charge is 0.338 e. The number of aromatic hydroxyl groups is 1. The molecule has 0 amide bonds. The number of rotatable bonds is 2. The van der Waals surface area contributed by atoms with E-state index >= 15 is 0 Å². The van der Waals surface area contributed by atoms with Crippen LogP contribution in [0.2, 0.25) is 5.15 Å². The summed E-state index contributed by atoms with van der Waals surface area (Å²) in [6, 6.07) is 9.37. The van der Waals surface area contributed by atoms with Crippen LogP contribution in [0.25, 0.3) is 11.3 Å². The fourth-order valence-electron chi connectivity index (χ4n) is 1.39. The molecule has 2 rings (SSSR count). The highest BCUT2D eigenvalue weighted by Crippen LogP contribution is 2.23. The molecule has 1 heterocycles. The highest BCUT2D eigenvalue weighted by Gasteiger charge is 2.11. The van der Waals surface area contributed by atoms with Crippen LogP contribution in [0.3, 0.4) is 0 Å². The van der Waals surface area contributed by atoms with Crippen LogP contribution >= 0.6 is 11.6 Å². The Morgan fingerprint density at radius 2 is 1.76 bits per heavy atom. The van der Waals surface area contributed by atoms with Gasteiger partial charge in [0, 0.05) is 5.56 Å². The normalized spacial score (nSPS) is 10.2. The molecule has 1 aromatic carbocycles. The third-order valence-corrected chi connectivity index (χ3v) is 2.53. The number of aromatic carboxylic acids is 1. The predicted molar refractivity (Wildman–Crippen MR) is 63.3 cm³/mol. The van der Waals surface area contributed by atoms with Crippen molar-refractivity contribution in [3.05, 3.63) is 47.1 Å². The summed E-state index contributed by atoms with van der Waals surface area (Å²) in [4.78, 5) is 14.8. The number of hydrogen-bond donors (Lipinski definition) is 2. The van der Waals surface area contributed by atoms with Crippen LogP contribution in [-0.2, 0) is 0 Å². The molecule has 0 aliphatic rings. The minimum Gasteiger partial charge on any atom is -0.508 e. The Morgan fingerprint density at radius 1 is 1.12 bits per heavy atom. The van der Waals surface area contributed by atoms with Gasteiger partial charge in [-0.25, -0.2) is 9.78 Å². The van der Waals surface area contributed by atoms with Crippen LogP contribution in [0.15, 0.2) is 36.4 Å². The molecule has 0 atom stereocenters. The van der Waals surface area contributed by atoms with Gasteiger partial charge in [0.25, 0.3) is 0 Å². The van der Waals surface area contributed by atoms with E-state index in [1.165, 1.54) is 18.2 Å². The summed E-state index contributed by atoms with van der Waals surface area (Å²) in [5.74, 6) is -0.957. The molecular weight excluding hydrogens is 242 g/mol. The summed E-state index contributed by atoms with van der Waals surface area (Å²) >= 11 is 5.76. The van der Waals surface area contributed by atoms with Gasteiger partial charge in [-0.15, -0.1) is 0 Å². The van der Waals surface area contributed by atoms with Crippen molar-refractivity contribution in [2.75, 3.05) is 0 Å². The number of nitrogens with zero attached hydrogens (tertiary/aromatic N) is 1. The molecular formula is C12H8ClNO3. The van der Waals surface area contributed by atoms with Crippen LogP contribution in [0.4, 0.5) is 0 Å². The first-order chi connectivity index (χ1) is 8.08. The van der Waals surface area contributed by atoms with Gasteiger partial charge in [-0.2, -0.15) is 0 Å². The number of phenols is 1. The number of benzene rings is 1. The minimum absolute atomic E-state index is 0.0332. The third-order valence-electron chi connectivity index (χ3n) is 2.24. The molecule has 2 N–H and O–H groups in total. The second kappa shape index (κ2) is 4.43. The number of carboxylic acids is 1. The van der Waals surface area contributed by atoms with Crippen molar-refractivity contribution in [2.24, 2.45) is 0 Å². The fraction of sp³-hybridized carbons (Fsp3) is 0. The van der Waals surface area contributed by atoms with Gasteiger partial charge in [0.1, 0.15) is 10.9 Å². The molecule has 0 saturated heterocycles. The predicted octanol–water partition coefficient (Wildman–Crippen LogP) is 2.81. The molecule has 1 aromatic heterocycles. The number of hydrogen-bond acceptors (Lipinski definition) is 3. The summed E-state index contributed by atoms with van der Waals surface area (Å²) in [5.41, 5.74) is 1.27. The Bertz CT molecular complexity index is 566. The average Bonchev–Trinajstić information content (AvgIpc) is 2.29. The first-order valence-corrected chi connectivity index (χ1v) is 5.15. The molecule has 0 unspecified atom stereocenters. The number of pyridine rings is 1. The van der Waals surface area contributed by atoms with Crippen LogP contribution in [-0.4, -0.2) is 21.2 Å². The minimum atomic E-state index is -1.11. The lowest BCUT2D eigenvalue weighted by molar-refractivity contribution is 0.0696. The zero-order valence-corrected chi connectivity index (χ0v) is 9.35. The van der Waals surface area contributed by atoms with E-state index < -0.39 is 5.97 Å². The molecule has 86 valence electrons. The van der Waals surface area contributed by atoms with Crippen molar-refractivity contribution in [3.63, 3.8) is 0 Å². The van der Waals surface area contributed by atoms with Gasteiger partial charge in [-0.3, -0.25) is 0 Å². The maximum atomic E-state index is 10.8. The molecule has 0 saturated carbocycles. The van der Waals surface area contributed by atoms with E-state index in [-0.39, 0.29) is 16.5 Å². The Balaban J connectivity index is 2.44. The standard InChI is InChI=1S/C12H8ClNO3/c13-11-9(12(16)17)5-6-10(14-11)7-1-3-8(15)4-2-7/h1-6,15H,(H,16,17). The zero-order valence-electron chi connectivity index (χ0n) is 8.59. The van der Waals surface area contributed by atoms with Crippen molar-refractivity contribution < 1.29 is 15.0 Å². The molecule has 0 aliphatic carbocycles. The van der Waals surface area contributed by atoms with Crippen molar-refractivity contribution >= 4 is 17.6 Å². The van der Waals surface area contributed by atoms with Crippen LogP contribution in [0, 0.1) is 0 Å². The van der Waals surface area contributed by atoms with Gasteiger partial charge in [-0.1, -0.05) is 11.6 Å². The second-order valence-electron chi connectivity index (χ2n) is 3.39. The Morgan fingerprint density at radius 3 is 2.29 bits per heavy atom. The molecule has 0 fully saturated rings. The molecule has 4 nitrogen and oxygen atoms in total. The van der Waals surface area contributed by atoms with Crippen molar-refractivity contribution in [2.45, 2.75) is 0 Å². The van der Waals surface area contributed by atoms with Gasteiger partial charge in [-0.05, 0) is 36.4 Å². The van der Waals surface area contributed by atoms with Gasteiger partial charge in [0.15, 0.2) is 0 Å². The van der Waals surface area contributed by atoms with Crippen molar-refractivity contribution in [3.8, 4) is 17.0 Å². The number of aromatic nitrogens is 1. The van der Waals surface area contributed by atoms with Crippen molar-refractivity contribution in [1.29, 1.82) is 0 Å². The first kappa shape index (κ1) is 11.4. The van der Waals surface area contributed by atoms with Gasteiger partial charge in [0.05, 0.1) is 11.3 Å². The highest BCUT2D eigenvalue weighted by molar-refractivity contribution is 6.32. The molecule has 0 spiro atoms. The van der Waals surface area contributed by atoms with E-state index in [1.807, 2.05) is 0 Å². The van der Waals surface area contributed by atoms with E-state index in [9.17, 15) is 4.79 Å². The third kappa shape index (κ3) is 2.37. The molecule has 17 heavy (non-hydrogen) atoms. The lowest BCUT2D eigenvalue weighted by Crippen LogP contribution is -1.99. The summed E-state index contributed by atoms with van der Waals surface area (Å²) in [7, 11) is 0. The number of halogens is 1. The largest absolute Gasteiger partial charge is 0.508 e. The lowest BCUT2D eigenvalue weighted by atomic mass is 10.1. The molecule has 2 aromatic rings. The first-order valence-electron chi connectivity index (χ1n) is 4.77. The fourth-order valence-corrected chi connectivity index (χ4v) is 1.62. The van der Waals surface area contributed by atoms with E-state index in [4.69, 9.17) is 21.8 Å². The van der Waals surface area contributed by atoms with E-state index in [0.29, 0.717) is 5.69 Å². The summed E-state index contributed by atoms with van der Waals surface area (Å²) in [6.07, 6.45) is 0. The van der Waals surface area contributed by atoms with Crippen LogP contribution < -0.4 is 0 Å². The molecule has 0 bridgehead atoms.